The number of nitrogens with zero attached hydrogens (tertiary/aromatic N) is 9. The van der Waals surface area contributed by atoms with Gasteiger partial charge >= 0.3 is 0 Å². The summed E-state index contributed by atoms with van der Waals surface area (Å²) in [7, 11) is 13.4. The molecule has 0 atom stereocenters. The SMILES string of the molecule is CN(c1nc(N(C)C2CC(C)(C)N(C)C(C)(C)C2)nc(N(C)C2CC(C)(C)N(C)C(C)(C)C2)n1)C1CC(C)(C)N(C)C(C)(C)C1. The van der Waals surface area contributed by atoms with E-state index in [1.807, 2.05) is 0 Å². The molecule has 4 rings (SSSR count). The molecule has 3 aliphatic rings. The van der Waals surface area contributed by atoms with Crippen molar-refractivity contribution in [2.45, 2.75) is 173 Å². The van der Waals surface area contributed by atoms with E-state index >= 15 is 0 Å². The topological polar surface area (TPSA) is 58.1 Å². The summed E-state index contributed by atoms with van der Waals surface area (Å²) in [6, 6.07) is 0.979. The Bertz CT molecular complexity index is 1010. The Morgan fingerprint density at radius 3 is 0.711 bits per heavy atom. The molecule has 0 radical (unpaired) electrons. The maximum Gasteiger partial charge on any atom is 0.231 e. The van der Waals surface area contributed by atoms with E-state index in [1.54, 1.807) is 0 Å². The van der Waals surface area contributed by atoms with Gasteiger partial charge in [0.2, 0.25) is 17.8 Å². The van der Waals surface area contributed by atoms with Crippen LogP contribution < -0.4 is 14.7 Å². The number of piperidine rings is 3. The lowest BCUT2D eigenvalue weighted by molar-refractivity contribution is -0.0121. The number of likely N-dealkylation sites (tertiary alicyclic amines) is 3. The highest BCUT2D eigenvalue weighted by atomic mass is 15.4. The van der Waals surface area contributed by atoms with Crippen LogP contribution in [0.4, 0.5) is 17.8 Å². The molecule has 0 spiro atoms. The fourth-order valence-corrected chi connectivity index (χ4v) is 9.08. The smallest absolute Gasteiger partial charge is 0.231 e. The van der Waals surface area contributed by atoms with Crippen molar-refractivity contribution in [1.82, 2.24) is 29.7 Å². The monoisotopic (exact) mass is 628 g/mol. The molecule has 9 heteroatoms. The lowest BCUT2D eigenvalue weighted by Gasteiger charge is -2.55. The van der Waals surface area contributed by atoms with Crippen molar-refractivity contribution in [2.75, 3.05) is 57.0 Å². The molecule has 9 nitrogen and oxygen atoms in total. The average Bonchev–Trinajstić information content (AvgIpc) is 2.90. The predicted molar refractivity (Wildman–Crippen MR) is 192 cm³/mol. The van der Waals surface area contributed by atoms with Crippen LogP contribution in [0.2, 0.25) is 0 Å². The molecule has 0 saturated carbocycles. The highest BCUT2D eigenvalue weighted by Crippen LogP contribution is 2.43. The first-order chi connectivity index (χ1) is 20.2. The van der Waals surface area contributed by atoms with E-state index in [4.69, 9.17) is 15.0 Å². The van der Waals surface area contributed by atoms with E-state index in [1.165, 1.54) is 0 Å². The van der Waals surface area contributed by atoms with Crippen LogP contribution in [0.1, 0.15) is 122 Å². The standard InChI is InChI=1S/C36H69N9/c1-31(2)19-25(20-32(3,4)43(31)16)40(13)28-37-29(41(14)26-21-33(5,6)44(17)34(7,8)22-26)39-30(38-28)42(15)27-23-35(9,10)45(18)36(11,12)24-27/h25-27H,19-24H2,1-18H3. The van der Waals surface area contributed by atoms with Gasteiger partial charge in [-0.1, -0.05) is 0 Å². The zero-order valence-electron chi connectivity index (χ0n) is 32.5. The van der Waals surface area contributed by atoms with E-state index in [2.05, 4.69) is 155 Å². The minimum atomic E-state index is 0.0729. The summed E-state index contributed by atoms with van der Waals surface area (Å²) in [6.45, 7) is 28.4. The molecule has 3 aliphatic heterocycles. The molecule has 0 aromatic carbocycles. The maximum absolute atomic E-state index is 5.28. The molecule has 0 N–H and O–H groups in total. The molecular formula is C36H69N9. The van der Waals surface area contributed by atoms with Crippen LogP contribution in [0, 0.1) is 0 Å². The van der Waals surface area contributed by atoms with Gasteiger partial charge < -0.3 is 14.7 Å². The molecule has 0 unspecified atom stereocenters. The van der Waals surface area contributed by atoms with E-state index in [0.717, 1.165) is 56.4 Å². The lowest BCUT2D eigenvalue weighted by Crippen LogP contribution is -2.63. The quantitative estimate of drug-likeness (QED) is 0.371. The van der Waals surface area contributed by atoms with Crippen LogP contribution in [0.15, 0.2) is 0 Å². The van der Waals surface area contributed by atoms with Gasteiger partial charge in [-0.3, -0.25) is 14.7 Å². The molecule has 0 bridgehead atoms. The zero-order chi connectivity index (χ0) is 34.3. The van der Waals surface area contributed by atoms with Crippen LogP contribution in [-0.2, 0) is 0 Å². The lowest BCUT2D eigenvalue weighted by atomic mass is 9.77. The Kier molecular flexibility index (Phi) is 9.21. The number of aromatic nitrogens is 3. The summed E-state index contributed by atoms with van der Waals surface area (Å²) in [6.07, 6.45) is 6.33. The number of anilines is 3. The normalized spacial score (nSPS) is 27.3. The van der Waals surface area contributed by atoms with Gasteiger partial charge in [-0.2, -0.15) is 15.0 Å². The first-order valence-electron chi connectivity index (χ1n) is 17.4. The van der Waals surface area contributed by atoms with Gasteiger partial charge in [0.1, 0.15) is 0 Å². The summed E-state index contributed by atoms with van der Waals surface area (Å²) < 4.78 is 0. The van der Waals surface area contributed by atoms with Crippen molar-refractivity contribution < 1.29 is 0 Å². The zero-order valence-corrected chi connectivity index (χ0v) is 32.5. The van der Waals surface area contributed by atoms with Gasteiger partial charge in [0, 0.05) is 72.5 Å². The summed E-state index contributed by atoms with van der Waals surface area (Å²) >= 11 is 0. The molecule has 3 fully saturated rings. The molecule has 1 aromatic rings. The second kappa shape index (κ2) is 11.5. The van der Waals surface area contributed by atoms with Gasteiger partial charge in [0.25, 0.3) is 0 Å². The van der Waals surface area contributed by atoms with Crippen LogP contribution in [0.25, 0.3) is 0 Å². The molecule has 3 saturated heterocycles. The second-order valence-electron chi connectivity index (χ2n) is 18.8. The van der Waals surface area contributed by atoms with Crippen molar-refractivity contribution in [3.8, 4) is 0 Å². The Morgan fingerprint density at radius 1 is 0.400 bits per heavy atom. The third-order valence-electron chi connectivity index (χ3n) is 13.0. The highest BCUT2D eigenvalue weighted by Gasteiger charge is 2.48. The molecule has 1 aromatic heterocycles. The fourth-order valence-electron chi connectivity index (χ4n) is 9.08. The fraction of sp³-hybridized carbons (Fsp3) is 0.917. The largest absolute Gasteiger partial charge is 0.341 e. The average molecular weight is 628 g/mol. The molecule has 45 heavy (non-hydrogen) atoms. The van der Waals surface area contributed by atoms with Gasteiger partial charge in [0.15, 0.2) is 0 Å². The first kappa shape index (κ1) is 36.1. The number of rotatable bonds is 6. The third kappa shape index (κ3) is 6.83. The Labute approximate surface area is 277 Å². The summed E-state index contributed by atoms with van der Waals surface area (Å²) in [5, 5.41) is 0. The molecule has 0 amide bonds. The van der Waals surface area contributed by atoms with Crippen LogP contribution in [0.5, 0.6) is 0 Å². The van der Waals surface area contributed by atoms with Crippen molar-refractivity contribution in [3.63, 3.8) is 0 Å². The number of hydrogen-bond donors (Lipinski definition) is 0. The Hall–Kier alpha value is -1.71. The van der Waals surface area contributed by atoms with Crippen LogP contribution in [-0.4, -0.2) is 123 Å². The van der Waals surface area contributed by atoms with Crippen molar-refractivity contribution in [2.24, 2.45) is 0 Å². The van der Waals surface area contributed by atoms with Crippen LogP contribution in [0.3, 0.4) is 0 Å². The minimum Gasteiger partial charge on any atom is -0.341 e. The van der Waals surface area contributed by atoms with Crippen molar-refractivity contribution in [1.29, 1.82) is 0 Å². The van der Waals surface area contributed by atoms with Crippen molar-refractivity contribution in [3.05, 3.63) is 0 Å². The second-order valence-corrected chi connectivity index (χ2v) is 18.8. The molecule has 4 heterocycles. The third-order valence-corrected chi connectivity index (χ3v) is 13.0. The van der Waals surface area contributed by atoms with Gasteiger partial charge in [-0.25, -0.2) is 0 Å². The minimum absolute atomic E-state index is 0.0729. The van der Waals surface area contributed by atoms with Gasteiger partial charge in [0.05, 0.1) is 0 Å². The summed E-state index contributed by atoms with van der Waals surface area (Å²) in [5.41, 5.74) is 0.438. The van der Waals surface area contributed by atoms with Gasteiger partial charge in [-0.05, 0) is 143 Å². The maximum atomic E-state index is 5.28. The number of hydrogen-bond acceptors (Lipinski definition) is 9. The predicted octanol–water partition coefficient (Wildman–Crippen LogP) is 6.13. The summed E-state index contributed by atoms with van der Waals surface area (Å²) in [4.78, 5) is 30.5. The highest BCUT2D eigenvalue weighted by molar-refractivity contribution is 5.48. The van der Waals surface area contributed by atoms with E-state index < -0.39 is 0 Å². The Balaban J connectivity index is 1.77. The van der Waals surface area contributed by atoms with Crippen LogP contribution >= 0.6 is 0 Å². The van der Waals surface area contributed by atoms with E-state index in [-0.39, 0.29) is 33.2 Å². The molecule has 258 valence electrons. The van der Waals surface area contributed by atoms with Gasteiger partial charge in [-0.15, -0.1) is 0 Å². The molecular weight excluding hydrogens is 558 g/mol. The van der Waals surface area contributed by atoms with E-state index in [0.29, 0.717) is 18.1 Å². The Morgan fingerprint density at radius 2 is 0.556 bits per heavy atom. The molecule has 0 aliphatic carbocycles. The van der Waals surface area contributed by atoms with Crippen molar-refractivity contribution >= 4 is 17.8 Å². The first-order valence-corrected chi connectivity index (χ1v) is 17.4. The van der Waals surface area contributed by atoms with E-state index in [9.17, 15) is 0 Å². The summed E-state index contributed by atoms with van der Waals surface area (Å²) in [5.74, 6) is 2.35.